The zero-order valence-corrected chi connectivity index (χ0v) is 9.15. The second kappa shape index (κ2) is 5.09. The highest BCUT2D eigenvalue weighted by Crippen LogP contribution is 2.16. The summed E-state index contributed by atoms with van der Waals surface area (Å²) in [6, 6.07) is 4.97. The van der Waals surface area contributed by atoms with Crippen LogP contribution < -0.4 is 5.32 Å². The summed E-state index contributed by atoms with van der Waals surface area (Å²) in [5.41, 5.74) is 1.56. The minimum Gasteiger partial charge on any atom is -0.508 e. The topological polar surface area (TPSA) is 52.6 Å². The van der Waals surface area contributed by atoms with Crippen LogP contribution in [-0.4, -0.2) is 42.5 Å². The van der Waals surface area contributed by atoms with Crippen LogP contribution in [0.3, 0.4) is 0 Å². The van der Waals surface area contributed by atoms with Crippen LogP contribution in [0.5, 0.6) is 5.75 Å². The first-order valence-corrected chi connectivity index (χ1v) is 5.50. The van der Waals surface area contributed by atoms with E-state index in [9.17, 15) is 9.90 Å². The lowest BCUT2D eigenvalue weighted by molar-refractivity contribution is 0.112. The molecule has 0 atom stereocenters. The fourth-order valence-corrected chi connectivity index (χ4v) is 1.95. The van der Waals surface area contributed by atoms with E-state index in [1.807, 2.05) is 6.07 Å². The number of nitrogens with zero attached hydrogens (tertiary/aromatic N) is 1. The van der Waals surface area contributed by atoms with E-state index in [1.165, 1.54) is 6.07 Å². The first kappa shape index (κ1) is 11.1. The van der Waals surface area contributed by atoms with Crippen LogP contribution in [0.15, 0.2) is 18.2 Å². The molecular formula is C12H16N2O2. The lowest BCUT2D eigenvalue weighted by atomic mass is 10.1. The van der Waals surface area contributed by atoms with Crippen LogP contribution in [0.2, 0.25) is 0 Å². The molecule has 16 heavy (non-hydrogen) atoms. The number of benzene rings is 1. The van der Waals surface area contributed by atoms with Gasteiger partial charge in [0.2, 0.25) is 0 Å². The monoisotopic (exact) mass is 220 g/mol. The van der Waals surface area contributed by atoms with Gasteiger partial charge in [-0.25, -0.2) is 0 Å². The third-order valence-electron chi connectivity index (χ3n) is 2.86. The van der Waals surface area contributed by atoms with Gasteiger partial charge in [0.05, 0.1) is 0 Å². The Morgan fingerprint density at radius 1 is 1.38 bits per heavy atom. The minimum atomic E-state index is 0.145. The molecule has 1 aliphatic heterocycles. The molecule has 0 bridgehead atoms. The largest absolute Gasteiger partial charge is 0.508 e. The van der Waals surface area contributed by atoms with Crippen LogP contribution in [0.1, 0.15) is 15.9 Å². The molecule has 4 nitrogen and oxygen atoms in total. The van der Waals surface area contributed by atoms with E-state index in [0.717, 1.165) is 44.6 Å². The lowest BCUT2D eigenvalue weighted by Crippen LogP contribution is -2.43. The number of hydrogen-bond donors (Lipinski definition) is 2. The highest BCUT2D eigenvalue weighted by Gasteiger charge is 2.12. The maximum absolute atomic E-state index is 10.9. The quantitative estimate of drug-likeness (QED) is 0.733. The van der Waals surface area contributed by atoms with E-state index in [2.05, 4.69) is 10.2 Å². The number of carbonyl (C=O) groups is 1. The van der Waals surface area contributed by atoms with Crippen LogP contribution in [0.4, 0.5) is 0 Å². The molecule has 0 aromatic heterocycles. The summed E-state index contributed by atoms with van der Waals surface area (Å²) < 4.78 is 0. The lowest BCUT2D eigenvalue weighted by Gasteiger charge is -2.27. The van der Waals surface area contributed by atoms with Crippen LogP contribution in [0, 0.1) is 0 Å². The third-order valence-corrected chi connectivity index (χ3v) is 2.86. The number of nitrogens with one attached hydrogen (secondary N) is 1. The highest BCUT2D eigenvalue weighted by molar-refractivity contribution is 5.78. The Hall–Kier alpha value is -1.39. The van der Waals surface area contributed by atoms with Crippen molar-refractivity contribution in [3.63, 3.8) is 0 Å². The number of phenols is 1. The van der Waals surface area contributed by atoms with Crippen molar-refractivity contribution in [2.75, 3.05) is 26.2 Å². The molecule has 1 saturated heterocycles. The van der Waals surface area contributed by atoms with Crippen LogP contribution in [0.25, 0.3) is 0 Å². The maximum Gasteiger partial charge on any atom is 0.150 e. The second-order valence-electron chi connectivity index (χ2n) is 4.03. The maximum atomic E-state index is 10.9. The zero-order valence-electron chi connectivity index (χ0n) is 9.15. The Kier molecular flexibility index (Phi) is 3.54. The zero-order chi connectivity index (χ0) is 11.4. The number of aldehydes is 1. The standard InChI is InChI=1S/C12H16N2O2/c15-9-11-7-12(16)2-1-10(11)8-14-5-3-13-4-6-14/h1-2,7,9,13,16H,3-6,8H2. The Bertz CT molecular complexity index is 373. The van der Waals surface area contributed by atoms with Crippen molar-refractivity contribution in [2.24, 2.45) is 0 Å². The summed E-state index contributed by atoms with van der Waals surface area (Å²) in [4.78, 5) is 13.2. The van der Waals surface area contributed by atoms with Crippen molar-refractivity contribution >= 4 is 6.29 Å². The van der Waals surface area contributed by atoms with Crippen LogP contribution >= 0.6 is 0 Å². The molecule has 4 heteroatoms. The van der Waals surface area contributed by atoms with E-state index < -0.39 is 0 Å². The normalized spacial score (nSPS) is 17.2. The molecule has 86 valence electrons. The number of rotatable bonds is 3. The van der Waals surface area contributed by atoms with Gasteiger partial charge in [0, 0.05) is 38.3 Å². The molecule has 0 spiro atoms. The molecule has 0 saturated carbocycles. The van der Waals surface area contributed by atoms with Gasteiger partial charge >= 0.3 is 0 Å². The van der Waals surface area contributed by atoms with Crippen molar-refractivity contribution in [1.29, 1.82) is 0 Å². The molecule has 1 aliphatic rings. The summed E-state index contributed by atoms with van der Waals surface area (Å²) in [5.74, 6) is 0.145. The first-order valence-electron chi connectivity index (χ1n) is 5.50. The molecular weight excluding hydrogens is 204 g/mol. The molecule has 2 N–H and O–H groups in total. The molecule has 0 radical (unpaired) electrons. The Morgan fingerprint density at radius 3 is 2.81 bits per heavy atom. The van der Waals surface area contributed by atoms with Crippen molar-refractivity contribution < 1.29 is 9.90 Å². The molecule has 0 aliphatic carbocycles. The van der Waals surface area contributed by atoms with Crippen molar-refractivity contribution in [2.45, 2.75) is 6.54 Å². The van der Waals surface area contributed by atoms with Gasteiger partial charge in [0.1, 0.15) is 5.75 Å². The molecule has 1 fully saturated rings. The summed E-state index contributed by atoms with van der Waals surface area (Å²) in [7, 11) is 0. The molecule has 1 aromatic rings. The number of phenolic OH excluding ortho intramolecular Hbond substituents is 1. The number of hydrogen-bond acceptors (Lipinski definition) is 4. The fourth-order valence-electron chi connectivity index (χ4n) is 1.95. The van der Waals surface area contributed by atoms with Crippen molar-refractivity contribution in [3.8, 4) is 5.75 Å². The Labute approximate surface area is 94.9 Å². The van der Waals surface area contributed by atoms with Gasteiger partial charge in [-0.3, -0.25) is 9.69 Å². The summed E-state index contributed by atoms with van der Waals surface area (Å²) in [6.45, 7) is 4.76. The number of aromatic hydroxyl groups is 1. The Morgan fingerprint density at radius 2 is 2.12 bits per heavy atom. The predicted octanol–water partition coefficient (Wildman–Crippen LogP) is 0.610. The van der Waals surface area contributed by atoms with Gasteiger partial charge < -0.3 is 10.4 Å². The summed E-state index contributed by atoms with van der Waals surface area (Å²) in [6.07, 6.45) is 0.803. The molecule has 1 heterocycles. The predicted molar refractivity (Wildman–Crippen MR) is 61.6 cm³/mol. The van der Waals surface area contributed by atoms with Crippen molar-refractivity contribution in [1.82, 2.24) is 10.2 Å². The number of piperazine rings is 1. The van der Waals surface area contributed by atoms with E-state index in [-0.39, 0.29) is 5.75 Å². The fraction of sp³-hybridized carbons (Fsp3) is 0.417. The van der Waals surface area contributed by atoms with Gasteiger partial charge in [0.15, 0.2) is 6.29 Å². The average molecular weight is 220 g/mol. The highest BCUT2D eigenvalue weighted by atomic mass is 16.3. The Balaban J connectivity index is 2.10. The molecule has 0 amide bonds. The summed E-state index contributed by atoms with van der Waals surface area (Å²) >= 11 is 0. The third kappa shape index (κ3) is 2.59. The van der Waals surface area contributed by atoms with E-state index in [4.69, 9.17) is 0 Å². The molecule has 1 aromatic carbocycles. The second-order valence-corrected chi connectivity index (χ2v) is 4.03. The van der Waals surface area contributed by atoms with E-state index in [1.54, 1.807) is 6.07 Å². The SMILES string of the molecule is O=Cc1cc(O)ccc1CN1CCNCC1. The van der Waals surface area contributed by atoms with E-state index >= 15 is 0 Å². The van der Waals surface area contributed by atoms with Gasteiger partial charge in [-0.2, -0.15) is 0 Å². The van der Waals surface area contributed by atoms with E-state index in [0.29, 0.717) is 5.56 Å². The molecule has 2 rings (SSSR count). The smallest absolute Gasteiger partial charge is 0.150 e. The number of carbonyl (C=O) groups excluding carboxylic acids is 1. The molecule has 0 unspecified atom stereocenters. The van der Waals surface area contributed by atoms with Crippen LogP contribution in [-0.2, 0) is 6.54 Å². The summed E-state index contributed by atoms with van der Waals surface area (Å²) in [5, 5.41) is 12.6. The first-order chi connectivity index (χ1) is 7.79. The minimum absolute atomic E-state index is 0.145. The van der Waals surface area contributed by atoms with Gasteiger partial charge in [-0.15, -0.1) is 0 Å². The van der Waals surface area contributed by atoms with Gasteiger partial charge in [0.25, 0.3) is 0 Å². The van der Waals surface area contributed by atoms with Gasteiger partial charge in [-0.1, -0.05) is 6.07 Å². The van der Waals surface area contributed by atoms with Crippen molar-refractivity contribution in [3.05, 3.63) is 29.3 Å². The average Bonchev–Trinajstić information content (AvgIpc) is 2.33. The van der Waals surface area contributed by atoms with Gasteiger partial charge in [-0.05, 0) is 17.7 Å².